The van der Waals surface area contributed by atoms with E-state index in [0.29, 0.717) is 18.0 Å². The van der Waals surface area contributed by atoms with Crippen LogP contribution in [0.5, 0.6) is 0 Å². The molecule has 2 N–H and O–H groups in total. The van der Waals surface area contributed by atoms with E-state index >= 15 is 0 Å². The maximum atomic E-state index is 12.2. The Morgan fingerprint density at radius 3 is 2.44 bits per heavy atom. The number of pyridine rings is 1. The number of carbonyl (C=O) groups excluding carboxylic acids is 1. The number of carbonyl (C=O) groups is 1. The van der Waals surface area contributed by atoms with Gasteiger partial charge in [0.15, 0.2) is 0 Å². The summed E-state index contributed by atoms with van der Waals surface area (Å²) in [4.78, 5) is 16.6. The molecule has 3 rings (SSSR count). The van der Waals surface area contributed by atoms with Crippen LogP contribution in [0.2, 0.25) is 0 Å². The molecule has 3 aromatic rings. The minimum absolute atomic E-state index is 0.0512. The molecule has 0 bridgehead atoms. The van der Waals surface area contributed by atoms with E-state index in [-0.39, 0.29) is 5.91 Å². The van der Waals surface area contributed by atoms with Gasteiger partial charge in [-0.3, -0.25) is 4.79 Å². The van der Waals surface area contributed by atoms with Gasteiger partial charge in [-0.2, -0.15) is 0 Å². The van der Waals surface area contributed by atoms with Crippen molar-refractivity contribution in [3.8, 4) is 0 Å². The SMILES string of the molecule is Cc1cccc(C(C)C)c1Nc1ccc(NC(=O)Cc2ccccc2)cn1. The van der Waals surface area contributed by atoms with Crippen molar-refractivity contribution in [2.45, 2.75) is 33.1 Å². The quantitative estimate of drug-likeness (QED) is 0.616. The molecule has 0 aliphatic heterocycles. The lowest BCUT2D eigenvalue weighted by Crippen LogP contribution is -2.14. The highest BCUT2D eigenvalue weighted by atomic mass is 16.1. The second-order valence-corrected chi connectivity index (χ2v) is 6.96. The number of hydrogen-bond donors (Lipinski definition) is 2. The predicted molar refractivity (Wildman–Crippen MR) is 112 cm³/mol. The number of benzene rings is 2. The summed E-state index contributed by atoms with van der Waals surface area (Å²) < 4.78 is 0. The number of nitrogens with one attached hydrogen (secondary N) is 2. The van der Waals surface area contributed by atoms with E-state index in [4.69, 9.17) is 0 Å². The van der Waals surface area contributed by atoms with Gasteiger partial charge in [0.25, 0.3) is 0 Å². The smallest absolute Gasteiger partial charge is 0.228 e. The van der Waals surface area contributed by atoms with Crippen LogP contribution in [0.15, 0.2) is 66.9 Å². The van der Waals surface area contributed by atoms with Crippen LogP contribution in [0.25, 0.3) is 0 Å². The van der Waals surface area contributed by atoms with E-state index in [9.17, 15) is 4.79 Å². The maximum Gasteiger partial charge on any atom is 0.228 e. The first kappa shape index (κ1) is 18.6. The second-order valence-electron chi connectivity index (χ2n) is 6.96. The fourth-order valence-corrected chi connectivity index (χ4v) is 3.00. The van der Waals surface area contributed by atoms with Gasteiger partial charge in [0.1, 0.15) is 5.82 Å². The predicted octanol–water partition coefficient (Wildman–Crippen LogP) is 5.44. The van der Waals surface area contributed by atoms with Gasteiger partial charge in [0.2, 0.25) is 5.91 Å². The molecule has 2 aromatic carbocycles. The van der Waals surface area contributed by atoms with Crippen LogP contribution in [0.3, 0.4) is 0 Å². The van der Waals surface area contributed by atoms with Crippen LogP contribution in [-0.4, -0.2) is 10.9 Å². The Morgan fingerprint density at radius 2 is 1.78 bits per heavy atom. The third kappa shape index (κ3) is 4.94. The summed E-state index contributed by atoms with van der Waals surface area (Å²) in [6.07, 6.45) is 2.03. The molecular formula is C23H25N3O. The molecule has 0 aliphatic carbocycles. The monoisotopic (exact) mass is 359 g/mol. The van der Waals surface area contributed by atoms with Crippen molar-refractivity contribution in [1.29, 1.82) is 0 Å². The van der Waals surface area contributed by atoms with Crippen molar-refractivity contribution in [3.05, 3.63) is 83.6 Å². The van der Waals surface area contributed by atoms with E-state index in [1.165, 1.54) is 11.1 Å². The second kappa shape index (κ2) is 8.49. The number of anilines is 3. The Labute approximate surface area is 160 Å². The normalized spacial score (nSPS) is 10.7. The first-order valence-electron chi connectivity index (χ1n) is 9.19. The van der Waals surface area contributed by atoms with Crippen molar-refractivity contribution >= 4 is 23.1 Å². The van der Waals surface area contributed by atoms with Crippen molar-refractivity contribution in [3.63, 3.8) is 0 Å². The molecule has 0 atom stereocenters. The Kier molecular flexibility index (Phi) is 5.87. The number of aryl methyl sites for hydroxylation is 1. The topological polar surface area (TPSA) is 54.0 Å². The Morgan fingerprint density at radius 1 is 1.00 bits per heavy atom. The summed E-state index contributed by atoms with van der Waals surface area (Å²) in [5.41, 5.74) is 5.22. The Hall–Kier alpha value is -3.14. The average Bonchev–Trinajstić information content (AvgIpc) is 2.65. The molecule has 0 aliphatic rings. The molecule has 4 nitrogen and oxygen atoms in total. The summed E-state index contributed by atoms with van der Waals surface area (Å²) in [5, 5.41) is 6.31. The molecule has 0 saturated carbocycles. The highest BCUT2D eigenvalue weighted by Gasteiger charge is 2.10. The summed E-state index contributed by atoms with van der Waals surface area (Å²) in [5.74, 6) is 1.13. The standard InChI is InChI=1S/C23H25N3O/c1-16(2)20-11-7-8-17(3)23(20)26-21-13-12-19(15-24-21)25-22(27)14-18-9-5-4-6-10-18/h4-13,15-16H,14H2,1-3H3,(H,24,26)(H,25,27). The highest BCUT2D eigenvalue weighted by molar-refractivity contribution is 5.92. The third-order valence-corrected chi connectivity index (χ3v) is 4.43. The lowest BCUT2D eigenvalue weighted by molar-refractivity contribution is -0.115. The van der Waals surface area contributed by atoms with Crippen molar-refractivity contribution in [2.24, 2.45) is 0 Å². The van der Waals surface area contributed by atoms with Crippen molar-refractivity contribution < 1.29 is 4.79 Å². The molecule has 0 unspecified atom stereocenters. The molecule has 0 fully saturated rings. The van der Waals surface area contributed by atoms with E-state index in [1.54, 1.807) is 6.20 Å². The van der Waals surface area contributed by atoms with Crippen LogP contribution in [-0.2, 0) is 11.2 Å². The average molecular weight is 359 g/mol. The first-order valence-corrected chi connectivity index (χ1v) is 9.19. The van der Waals surface area contributed by atoms with Crippen LogP contribution in [0.4, 0.5) is 17.2 Å². The van der Waals surface area contributed by atoms with Crippen LogP contribution >= 0.6 is 0 Å². The molecule has 138 valence electrons. The zero-order valence-corrected chi connectivity index (χ0v) is 16.0. The van der Waals surface area contributed by atoms with Gasteiger partial charge in [-0.05, 0) is 41.7 Å². The lowest BCUT2D eigenvalue weighted by Gasteiger charge is -2.17. The molecule has 0 saturated heterocycles. The fourth-order valence-electron chi connectivity index (χ4n) is 3.00. The third-order valence-electron chi connectivity index (χ3n) is 4.43. The van der Waals surface area contributed by atoms with Gasteiger partial charge >= 0.3 is 0 Å². The molecule has 1 aromatic heterocycles. The van der Waals surface area contributed by atoms with Gasteiger partial charge < -0.3 is 10.6 Å². The molecule has 1 amide bonds. The Bertz CT molecular complexity index is 903. The molecule has 0 spiro atoms. The zero-order chi connectivity index (χ0) is 19.2. The van der Waals surface area contributed by atoms with Gasteiger partial charge in [-0.15, -0.1) is 0 Å². The molecule has 4 heteroatoms. The largest absolute Gasteiger partial charge is 0.340 e. The minimum atomic E-state index is -0.0512. The fraction of sp³-hybridized carbons (Fsp3) is 0.217. The number of rotatable bonds is 6. The number of amides is 1. The summed E-state index contributed by atoms with van der Waals surface area (Å²) in [6, 6.07) is 19.7. The van der Waals surface area contributed by atoms with Crippen LogP contribution in [0.1, 0.15) is 36.5 Å². The highest BCUT2D eigenvalue weighted by Crippen LogP contribution is 2.29. The van der Waals surface area contributed by atoms with Gasteiger partial charge in [0.05, 0.1) is 18.3 Å². The number of para-hydroxylation sites is 1. The van der Waals surface area contributed by atoms with Crippen LogP contribution < -0.4 is 10.6 Å². The Balaban J connectivity index is 1.67. The van der Waals surface area contributed by atoms with E-state index < -0.39 is 0 Å². The van der Waals surface area contributed by atoms with E-state index in [1.807, 2.05) is 42.5 Å². The first-order chi connectivity index (χ1) is 13.0. The van der Waals surface area contributed by atoms with E-state index in [2.05, 4.69) is 54.6 Å². The summed E-state index contributed by atoms with van der Waals surface area (Å²) in [6.45, 7) is 6.45. The maximum absolute atomic E-state index is 12.2. The van der Waals surface area contributed by atoms with Crippen molar-refractivity contribution in [1.82, 2.24) is 4.98 Å². The molecular weight excluding hydrogens is 334 g/mol. The molecule has 1 heterocycles. The summed E-state index contributed by atoms with van der Waals surface area (Å²) >= 11 is 0. The van der Waals surface area contributed by atoms with E-state index in [0.717, 1.165) is 17.1 Å². The summed E-state index contributed by atoms with van der Waals surface area (Å²) in [7, 11) is 0. The van der Waals surface area contributed by atoms with Gasteiger partial charge in [0, 0.05) is 5.69 Å². The van der Waals surface area contributed by atoms with Gasteiger partial charge in [-0.25, -0.2) is 4.98 Å². The zero-order valence-electron chi connectivity index (χ0n) is 16.0. The van der Waals surface area contributed by atoms with Gasteiger partial charge in [-0.1, -0.05) is 62.4 Å². The number of aromatic nitrogens is 1. The lowest BCUT2D eigenvalue weighted by atomic mass is 9.98. The minimum Gasteiger partial charge on any atom is -0.340 e. The van der Waals surface area contributed by atoms with Crippen molar-refractivity contribution in [2.75, 3.05) is 10.6 Å². The number of hydrogen-bond acceptors (Lipinski definition) is 3. The van der Waals surface area contributed by atoms with Crippen LogP contribution in [0, 0.1) is 6.92 Å². The molecule has 0 radical (unpaired) electrons. The molecule has 27 heavy (non-hydrogen) atoms. The number of nitrogens with zero attached hydrogens (tertiary/aromatic N) is 1.